The van der Waals surface area contributed by atoms with Crippen LogP contribution in [0.4, 0.5) is 10.2 Å². The number of aromatic nitrogens is 5. The van der Waals surface area contributed by atoms with Gasteiger partial charge in [0.1, 0.15) is 29.3 Å². The number of halogens is 1. The van der Waals surface area contributed by atoms with Crippen LogP contribution in [0.5, 0.6) is 0 Å². The van der Waals surface area contributed by atoms with E-state index in [2.05, 4.69) is 25.5 Å². The fourth-order valence-electron chi connectivity index (χ4n) is 4.03. The van der Waals surface area contributed by atoms with Crippen LogP contribution in [-0.2, 0) is 21.2 Å². The Kier molecular flexibility index (Phi) is 7.52. The minimum atomic E-state index is -3.66. The lowest BCUT2D eigenvalue weighted by Crippen LogP contribution is -2.27. The van der Waals surface area contributed by atoms with Gasteiger partial charge in [0, 0.05) is 23.7 Å². The van der Waals surface area contributed by atoms with E-state index in [9.17, 15) is 17.6 Å². The number of amides is 1. The number of rotatable bonds is 9. The lowest BCUT2D eigenvalue weighted by Gasteiger charge is -2.13. The van der Waals surface area contributed by atoms with E-state index in [0.29, 0.717) is 22.6 Å². The first-order chi connectivity index (χ1) is 19.2. The second-order valence-corrected chi connectivity index (χ2v) is 11.3. The van der Waals surface area contributed by atoms with Crippen molar-refractivity contribution in [2.45, 2.75) is 25.3 Å². The van der Waals surface area contributed by atoms with Crippen LogP contribution in [0.2, 0.25) is 0 Å². The van der Waals surface area contributed by atoms with Crippen molar-refractivity contribution >= 4 is 21.6 Å². The summed E-state index contributed by atoms with van der Waals surface area (Å²) in [4.78, 5) is 21.7. The smallest absolute Gasteiger partial charge is 0.229 e. The van der Waals surface area contributed by atoms with E-state index in [-0.39, 0.29) is 34.7 Å². The van der Waals surface area contributed by atoms with Gasteiger partial charge in [0.2, 0.25) is 5.91 Å². The number of aryl methyl sites for hydroxylation is 1. The average molecular weight is 561 g/mol. The molecule has 3 heterocycles. The normalized spacial score (nSPS) is 12.3. The molecule has 0 aliphatic heterocycles. The van der Waals surface area contributed by atoms with Crippen molar-refractivity contribution in [2.75, 3.05) is 11.1 Å². The quantitative estimate of drug-likeness (QED) is 0.278. The number of hydrogen-bond donors (Lipinski definition) is 1. The van der Waals surface area contributed by atoms with E-state index in [1.54, 1.807) is 47.1 Å². The first kappa shape index (κ1) is 26.9. The van der Waals surface area contributed by atoms with Crippen molar-refractivity contribution in [3.8, 4) is 22.9 Å². The minimum Gasteiger partial charge on any atom is -0.364 e. The first-order valence-electron chi connectivity index (χ1n) is 12.4. The number of nitrogens with one attached hydrogen (secondary N) is 1. The highest BCUT2D eigenvalue weighted by Crippen LogP contribution is 2.25. The average Bonchev–Trinajstić information content (AvgIpc) is 3.60. The third-order valence-corrected chi connectivity index (χ3v) is 8.12. The Hall–Kier alpha value is -4.71. The molecular formula is C28H25FN6O4S. The van der Waals surface area contributed by atoms with E-state index in [1.807, 2.05) is 6.92 Å². The summed E-state index contributed by atoms with van der Waals surface area (Å²) < 4.78 is 46.5. The molecule has 5 aromatic rings. The third-order valence-electron chi connectivity index (χ3n) is 6.19. The van der Waals surface area contributed by atoms with E-state index in [4.69, 9.17) is 4.52 Å². The van der Waals surface area contributed by atoms with Crippen molar-refractivity contribution in [3.05, 3.63) is 96.1 Å². The molecule has 0 aliphatic rings. The molecule has 1 atom stereocenters. The number of benzene rings is 2. The van der Waals surface area contributed by atoms with Crippen LogP contribution in [0.25, 0.3) is 22.9 Å². The fourth-order valence-corrected chi connectivity index (χ4v) is 5.59. The van der Waals surface area contributed by atoms with E-state index in [1.165, 1.54) is 43.6 Å². The number of nitrogens with zero attached hydrogens (tertiary/aromatic N) is 5. The van der Waals surface area contributed by atoms with Crippen LogP contribution >= 0.6 is 0 Å². The van der Waals surface area contributed by atoms with Crippen LogP contribution in [0.15, 0.2) is 88.6 Å². The lowest BCUT2D eigenvalue weighted by atomic mass is 10.2. The van der Waals surface area contributed by atoms with Crippen molar-refractivity contribution in [1.29, 1.82) is 0 Å². The Balaban J connectivity index is 1.36. The van der Waals surface area contributed by atoms with Gasteiger partial charge in [-0.2, -0.15) is 5.10 Å². The first-order valence-corrected chi connectivity index (χ1v) is 14.0. The highest BCUT2D eigenvalue weighted by atomic mass is 32.2. The maximum absolute atomic E-state index is 14.4. The molecule has 12 heteroatoms. The maximum atomic E-state index is 14.4. The third kappa shape index (κ3) is 5.96. The summed E-state index contributed by atoms with van der Waals surface area (Å²) in [6, 6.07) is 17.7. The largest absolute Gasteiger partial charge is 0.364 e. The summed E-state index contributed by atoms with van der Waals surface area (Å²) in [6.07, 6.45) is 2.87. The predicted molar refractivity (Wildman–Crippen MR) is 145 cm³/mol. The molecule has 0 radical (unpaired) electrons. The van der Waals surface area contributed by atoms with Gasteiger partial charge in [-0.1, -0.05) is 48.0 Å². The van der Waals surface area contributed by atoms with E-state index >= 15 is 0 Å². The minimum absolute atomic E-state index is 0.123. The van der Waals surface area contributed by atoms with Gasteiger partial charge in [-0.05, 0) is 37.3 Å². The Morgan fingerprint density at radius 3 is 2.58 bits per heavy atom. The summed E-state index contributed by atoms with van der Waals surface area (Å²) in [5.41, 5.74) is 2.77. The molecule has 40 heavy (non-hydrogen) atoms. The topological polar surface area (TPSA) is 133 Å². The number of sulfone groups is 1. The molecule has 5 rings (SSSR count). The summed E-state index contributed by atoms with van der Waals surface area (Å²) in [7, 11) is -3.66. The molecule has 3 aromatic heterocycles. The number of carbonyl (C=O) groups excluding carboxylic acids is 1. The maximum Gasteiger partial charge on any atom is 0.229 e. The number of anilines is 1. The number of carbonyl (C=O) groups is 1. The molecule has 0 bridgehead atoms. The zero-order chi connectivity index (χ0) is 28.3. The van der Waals surface area contributed by atoms with Crippen molar-refractivity contribution in [2.24, 2.45) is 5.92 Å². The highest BCUT2D eigenvalue weighted by molar-refractivity contribution is 7.91. The molecule has 2 aromatic carbocycles. The Bertz CT molecular complexity index is 1750. The van der Waals surface area contributed by atoms with Gasteiger partial charge in [-0.3, -0.25) is 9.48 Å². The van der Waals surface area contributed by atoms with Gasteiger partial charge in [0.25, 0.3) is 0 Å². The Morgan fingerprint density at radius 1 is 1.07 bits per heavy atom. The molecule has 1 unspecified atom stereocenters. The zero-order valence-corrected chi connectivity index (χ0v) is 22.5. The van der Waals surface area contributed by atoms with Crippen molar-refractivity contribution in [3.63, 3.8) is 0 Å². The summed E-state index contributed by atoms with van der Waals surface area (Å²) in [5, 5.41) is 11.2. The summed E-state index contributed by atoms with van der Waals surface area (Å²) in [6.45, 7) is 3.53. The van der Waals surface area contributed by atoms with Gasteiger partial charge in [-0.15, -0.1) is 0 Å². The van der Waals surface area contributed by atoms with Gasteiger partial charge in [0.15, 0.2) is 15.7 Å². The molecular weight excluding hydrogens is 535 g/mol. The van der Waals surface area contributed by atoms with Crippen molar-refractivity contribution < 1.29 is 22.1 Å². The molecule has 0 saturated carbocycles. The Morgan fingerprint density at radius 2 is 1.85 bits per heavy atom. The van der Waals surface area contributed by atoms with E-state index in [0.717, 1.165) is 5.56 Å². The SMILES string of the molecule is Cc1ccc(S(=O)(=O)CC(C)C(=O)Nc2ccnc(-c3cc(-c4ccon4)n(Cc4ccccc4F)n3)n2)cc1. The van der Waals surface area contributed by atoms with Gasteiger partial charge in [-0.25, -0.2) is 22.8 Å². The fraction of sp³-hybridized carbons (Fsp3) is 0.179. The zero-order valence-electron chi connectivity index (χ0n) is 21.7. The molecule has 0 spiro atoms. The lowest BCUT2D eigenvalue weighted by molar-refractivity contribution is -0.118. The van der Waals surface area contributed by atoms with E-state index < -0.39 is 21.7 Å². The Labute approximate surface area is 229 Å². The summed E-state index contributed by atoms with van der Waals surface area (Å²) >= 11 is 0. The van der Waals surface area contributed by atoms with Crippen LogP contribution < -0.4 is 5.32 Å². The molecule has 0 fully saturated rings. The second kappa shape index (κ2) is 11.2. The van der Waals surface area contributed by atoms with Gasteiger partial charge < -0.3 is 9.84 Å². The van der Waals surface area contributed by atoms with Crippen LogP contribution in [0, 0.1) is 18.7 Å². The molecule has 0 saturated heterocycles. The molecule has 0 aliphatic carbocycles. The monoisotopic (exact) mass is 560 g/mol. The molecule has 1 amide bonds. The molecule has 204 valence electrons. The molecule has 10 nitrogen and oxygen atoms in total. The van der Waals surface area contributed by atoms with Crippen molar-refractivity contribution in [1.82, 2.24) is 24.9 Å². The van der Waals surface area contributed by atoms with Crippen LogP contribution in [-0.4, -0.2) is 45.0 Å². The summed E-state index contributed by atoms with van der Waals surface area (Å²) in [5.74, 6) is -1.69. The van der Waals surface area contributed by atoms with Crippen LogP contribution in [0.3, 0.4) is 0 Å². The highest BCUT2D eigenvalue weighted by Gasteiger charge is 2.24. The van der Waals surface area contributed by atoms with Gasteiger partial charge in [0.05, 0.1) is 22.9 Å². The predicted octanol–water partition coefficient (Wildman–Crippen LogP) is 4.54. The standard InChI is InChI=1S/C28H25FN6O4S/c1-18-7-9-21(10-8-18)40(37,38)17-19(2)28(36)32-26-11-13-30-27(31-26)24-15-25(23-12-14-39-34-23)35(33-24)16-20-5-3-4-6-22(20)29/h3-15,19H,16-17H2,1-2H3,(H,30,31,32,36). The van der Waals surface area contributed by atoms with Gasteiger partial charge >= 0.3 is 0 Å². The molecule has 1 N–H and O–H groups in total. The van der Waals surface area contributed by atoms with Crippen LogP contribution in [0.1, 0.15) is 18.1 Å². The number of hydrogen-bond acceptors (Lipinski definition) is 8. The second-order valence-electron chi connectivity index (χ2n) is 9.30.